The molecule has 1 aliphatic heterocycles. The smallest absolute Gasteiger partial charge is 0.252 e. The van der Waals surface area contributed by atoms with Crippen LogP contribution in [-0.4, -0.2) is 40.8 Å². The second-order valence-corrected chi connectivity index (χ2v) is 8.74. The van der Waals surface area contributed by atoms with Crippen molar-refractivity contribution < 1.29 is 14.6 Å². The third-order valence-corrected chi connectivity index (χ3v) is 6.44. The molecule has 0 radical (unpaired) electrons. The van der Waals surface area contributed by atoms with E-state index in [9.17, 15) is 4.79 Å². The van der Waals surface area contributed by atoms with E-state index in [4.69, 9.17) is 9.87 Å². The Morgan fingerprint density at radius 2 is 1.89 bits per heavy atom. The number of aliphatic imine (C=N–C) groups is 1. The lowest BCUT2D eigenvalue weighted by Gasteiger charge is -2.26. The molecule has 1 amide bonds. The Morgan fingerprint density at radius 3 is 2.66 bits per heavy atom. The van der Waals surface area contributed by atoms with Gasteiger partial charge in [-0.3, -0.25) is 4.79 Å². The van der Waals surface area contributed by atoms with Crippen LogP contribution in [0.3, 0.4) is 0 Å². The summed E-state index contributed by atoms with van der Waals surface area (Å²) in [6.07, 6.45) is 2.92. The maximum atomic E-state index is 13.7. The summed E-state index contributed by atoms with van der Waals surface area (Å²) in [5, 5.41) is 0. The molecule has 35 heavy (non-hydrogen) atoms. The molecule has 2 atom stereocenters. The molecule has 178 valence electrons. The van der Waals surface area contributed by atoms with Crippen LogP contribution >= 0.6 is 0 Å². The zero-order chi connectivity index (χ0) is 24.2. The number of H-pyrrole nitrogens is 1. The van der Waals surface area contributed by atoms with Gasteiger partial charge in [0.15, 0.2) is 6.04 Å². The van der Waals surface area contributed by atoms with E-state index >= 15 is 0 Å². The SMILES string of the molecule is COOC=N[C@H](C(=O)N1CCC[C@H]1c1nc2ccc(-c3ccc(C)cc3)cc2[nH]1)c1ccccc1. The number of carbonyl (C=O) groups excluding carboxylic acids is 1. The molecule has 7 nitrogen and oxygen atoms in total. The van der Waals surface area contributed by atoms with Crippen LogP contribution in [0.5, 0.6) is 0 Å². The zero-order valence-corrected chi connectivity index (χ0v) is 19.8. The van der Waals surface area contributed by atoms with Crippen molar-refractivity contribution in [3.63, 3.8) is 0 Å². The Kier molecular flexibility index (Phi) is 6.59. The average Bonchev–Trinajstić information content (AvgIpc) is 3.54. The number of hydrogen-bond donors (Lipinski definition) is 1. The molecule has 5 rings (SSSR count). The minimum Gasteiger partial charge on any atom is -0.340 e. The molecule has 4 aromatic rings. The molecule has 0 spiro atoms. The van der Waals surface area contributed by atoms with Crippen molar-refractivity contribution >= 4 is 23.3 Å². The lowest BCUT2D eigenvalue weighted by Crippen LogP contribution is -2.34. The number of carbonyl (C=O) groups is 1. The first-order valence-corrected chi connectivity index (χ1v) is 11.8. The van der Waals surface area contributed by atoms with Crippen molar-refractivity contribution in [2.24, 2.45) is 4.99 Å². The van der Waals surface area contributed by atoms with Crippen LogP contribution < -0.4 is 0 Å². The maximum Gasteiger partial charge on any atom is 0.252 e. The fourth-order valence-corrected chi connectivity index (χ4v) is 4.64. The lowest BCUT2D eigenvalue weighted by molar-refractivity contribution is -0.188. The highest BCUT2D eigenvalue weighted by Crippen LogP contribution is 2.35. The van der Waals surface area contributed by atoms with E-state index in [1.807, 2.05) is 41.3 Å². The molecule has 3 aromatic carbocycles. The summed E-state index contributed by atoms with van der Waals surface area (Å²) in [6, 6.07) is 23.4. The molecule has 1 N–H and O–H groups in total. The Morgan fingerprint density at radius 1 is 1.11 bits per heavy atom. The van der Waals surface area contributed by atoms with Gasteiger partial charge in [0, 0.05) is 6.54 Å². The van der Waals surface area contributed by atoms with E-state index < -0.39 is 6.04 Å². The third-order valence-electron chi connectivity index (χ3n) is 6.44. The minimum atomic E-state index is -0.718. The van der Waals surface area contributed by atoms with E-state index in [1.54, 1.807) is 0 Å². The number of aromatic amines is 1. The van der Waals surface area contributed by atoms with Crippen molar-refractivity contribution in [1.82, 2.24) is 14.9 Å². The molecule has 0 saturated carbocycles. The largest absolute Gasteiger partial charge is 0.340 e. The minimum absolute atomic E-state index is 0.0875. The van der Waals surface area contributed by atoms with Crippen molar-refractivity contribution in [3.05, 3.63) is 89.7 Å². The standard InChI is InChI=1S/C28H28N4O3/c1-19-10-12-20(13-11-19)22-14-15-23-24(17-22)31-27(30-23)25-9-6-16-32(25)28(33)26(29-18-35-34-2)21-7-4-3-5-8-21/h3-5,7-8,10-15,17-18,25-26H,6,9,16H2,1-2H3,(H,30,31)/t25-,26-/m0/s1. The average molecular weight is 469 g/mol. The van der Waals surface area contributed by atoms with Crippen LogP contribution in [0.2, 0.25) is 0 Å². The summed E-state index contributed by atoms with van der Waals surface area (Å²) >= 11 is 0. The Hall–Kier alpha value is -3.97. The fourth-order valence-electron chi connectivity index (χ4n) is 4.64. The monoisotopic (exact) mass is 468 g/mol. The number of nitrogens with zero attached hydrogens (tertiary/aromatic N) is 3. The molecule has 2 heterocycles. The number of aromatic nitrogens is 2. The van der Waals surface area contributed by atoms with Crippen LogP contribution in [0.25, 0.3) is 22.2 Å². The summed E-state index contributed by atoms with van der Waals surface area (Å²) in [5.74, 6) is 0.714. The predicted octanol–water partition coefficient (Wildman–Crippen LogP) is 5.55. The summed E-state index contributed by atoms with van der Waals surface area (Å²) in [4.78, 5) is 37.7. The number of amides is 1. The highest BCUT2D eigenvalue weighted by molar-refractivity contribution is 5.86. The van der Waals surface area contributed by atoms with Crippen molar-refractivity contribution in [2.45, 2.75) is 31.8 Å². The van der Waals surface area contributed by atoms with Gasteiger partial charge in [-0.25, -0.2) is 9.98 Å². The summed E-state index contributed by atoms with van der Waals surface area (Å²) in [7, 11) is 1.40. The molecular formula is C28H28N4O3. The topological polar surface area (TPSA) is 79.8 Å². The Labute approximate surface area is 204 Å². The first kappa shape index (κ1) is 22.8. The van der Waals surface area contributed by atoms with E-state index in [2.05, 4.69) is 58.2 Å². The van der Waals surface area contributed by atoms with Crippen molar-refractivity contribution in [1.29, 1.82) is 0 Å². The van der Waals surface area contributed by atoms with Gasteiger partial charge in [0.25, 0.3) is 5.91 Å². The van der Waals surface area contributed by atoms with Gasteiger partial charge in [-0.2, -0.15) is 4.89 Å². The van der Waals surface area contributed by atoms with Crippen LogP contribution in [0, 0.1) is 6.92 Å². The first-order valence-electron chi connectivity index (χ1n) is 11.8. The number of fused-ring (bicyclic) bond motifs is 1. The number of likely N-dealkylation sites (tertiary alicyclic amines) is 1. The van der Waals surface area contributed by atoms with E-state index in [0.717, 1.165) is 46.4 Å². The fraction of sp³-hybridized carbons (Fsp3) is 0.250. The van der Waals surface area contributed by atoms with Crippen molar-refractivity contribution in [3.8, 4) is 11.1 Å². The van der Waals surface area contributed by atoms with Gasteiger partial charge in [-0.05, 0) is 48.6 Å². The maximum absolute atomic E-state index is 13.7. The number of imidazole rings is 1. The molecule has 7 heteroatoms. The Balaban J connectivity index is 1.43. The molecule has 1 aromatic heterocycles. The Bertz CT molecular complexity index is 1330. The number of nitrogens with one attached hydrogen (secondary N) is 1. The molecule has 1 fully saturated rings. The predicted molar refractivity (Wildman–Crippen MR) is 136 cm³/mol. The molecule has 0 bridgehead atoms. The second kappa shape index (κ2) is 10.1. The highest BCUT2D eigenvalue weighted by atomic mass is 17.2. The van der Waals surface area contributed by atoms with E-state index in [1.165, 1.54) is 19.1 Å². The number of aryl methyl sites for hydroxylation is 1. The number of hydrogen-bond acceptors (Lipinski definition) is 5. The van der Waals surface area contributed by atoms with Crippen LogP contribution in [0.15, 0.2) is 77.8 Å². The van der Waals surface area contributed by atoms with Gasteiger partial charge in [0.05, 0.1) is 24.2 Å². The van der Waals surface area contributed by atoms with Gasteiger partial charge in [-0.15, -0.1) is 0 Å². The first-order chi connectivity index (χ1) is 17.1. The zero-order valence-electron chi connectivity index (χ0n) is 19.8. The van der Waals surface area contributed by atoms with Crippen LogP contribution in [0.4, 0.5) is 0 Å². The lowest BCUT2D eigenvalue weighted by atomic mass is 10.0. The molecule has 1 aliphatic rings. The van der Waals surface area contributed by atoms with E-state index in [0.29, 0.717) is 6.54 Å². The van der Waals surface area contributed by atoms with Crippen molar-refractivity contribution in [2.75, 3.05) is 13.7 Å². The summed E-state index contributed by atoms with van der Waals surface area (Å²) in [6.45, 7) is 2.74. The van der Waals surface area contributed by atoms with Crippen LogP contribution in [-0.2, 0) is 14.6 Å². The summed E-state index contributed by atoms with van der Waals surface area (Å²) < 4.78 is 0. The second-order valence-electron chi connectivity index (χ2n) is 8.74. The quantitative estimate of drug-likeness (QED) is 0.167. The molecular weight excluding hydrogens is 440 g/mol. The van der Waals surface area contributed by atoms with Gasteiger partial charge in [-0.1, -0.05) is 66.2 Å². The number of rotatable bonds is 7. The number of benzene rings is 3. The van der Waals surface area contributed by atoms with Gasteiger partial charge in [0.2, 0.25) is 6.40 Å². The normalized spacial score (nSPS) is 16.7. The molecule has 0 aliphatic carbocycles. The molecule has 1 saturated heterocycles. The molecule has 0 unspecified atom stereocenters. The van der Waals surface area contributed by atoms with Crippen LogP contribution in [0.1, 0.15) is 41.9 Å². The highest BCUT2D eigenvalue weighted by Gasteiger charge is 2.36. The summed E-state index contributed by atoms with van der Waals surface area (Å²) in [5.41, 5.74) is 6.17. The van der Waals surface area contributed by atoms with Gasteiger partial charge < -0.3 is 14.8 Å². The van der Waals surface area contributed by atoms with Gasteiger partial charge in [0.1, 0.15) is 5.82 Å². The third kappa shape index (κ3) is 4.81. The van der Waals surface area contributed by atoms with Gasteiger partial charge >= 0.3 is 0 Å². The van der Waals surface area contributed by atoms with E-state index in [-0.39, 0.29) is 11.9 Å².